The van der Waals surface area contributed by atoms with Crippen LogP contribution in [0.25, 0.3) is 0 Å². The maximum absolute atomic E-state index is 9.21. The molecule has 4 heteroatoms. The Hall–Kier alpha value is -1.60. The molecule has 2 rings (SSSR count). The Bertz CT molecular complexity index is 527. The van der Waals surface area contributed by atoms with Crippen LogP contribution in [0.1, 0.15) is 51.4 Å². The van der Waals surface area contributed by atoms with Crippen LogP contribution in [-0.4, -0.2) is 11.5 Å². The highest BCUT2D eigenvalue weighted by atomic mass is 16.5. The van der Waals surface area contributed by atoms with Gasteiger partial charge >= 0.3 is 0 Å². The third-order valence-electron chi connectivity index (χ3n) is 3.22. The lowest BCUT2D eigenvalue weighted by Crippen LogP contribution is -2.22. The van der Waals surface area contributed by atoms with E-state index in [2.05, 4.69) is 16.4 Å². The Morgan fingerprint density at radius 1 is 1.33 bits per heavy atom. The van der Waals surface area contributed by atoms with Gasteiger partial charge in [-0.2, -0.15) is 5.26 Å². The number of pyridine rings is 1. The van der Waals surface area contributed by atoms with Crippen molar-refractivity contribution >= 4 is 5.82 Å². The van der Waals surface area contributed by atoms with Crippen LogP contribution in [-0.2, 0) is 15.9 Å². The Kier molecular flexibility index (Phi) is 2.83. The van der Waals surface area contributed by atoms with Crippen LogP contribution in [0.15, 0.2) is 6.07 Å². The molecule has 2 heterocycles. The average Bonchev–Trinajstić information content (AvgIpc) is 2.44. The summed E-state index contributed by atoms with van der Waals surface area (Å²) in [6.45, 7) is 10.8. The monoisotopic (exact) mass is 245 g/mol. The lowest BCUT2D eigenvalue weighted by molar-refractivity contribution is -0.106. The van der Waals surface area contributed by atoms with Crippen LogP contribution in [0.5, 0.6) is 0 Å². The Morgan fingerprint density at radius 3 is 2.56 bits per heavy atom. The summed E-state index contributed by atoms with van der Waals surface area (Å²) in [6.07, 6.45) is 0. The first-order valence-electron chi connectivity index (χ1n) is 6.22. The molecule has 0 radical (unpaired) electrons. The van der Waals surface area contributed by atoms with Gasteiger partial charge in [-0.05, 0) is 40.7 Å². The number of nitriles is 1. The van der Waals surface area contributed by atoms with Crippen molar-refractivity contribution < 1.29 is 4.74 Å². The predicted molar refractivity (Wildman–Crippen MR) is 70.3 cm³/mol. The lowest BCUT2D eigenvalue weighted by Gasteiger charge is -2.24. The van der Waals surface area contributed by atoms with Crippen LogP contribution in [0.2, 0.25) is 0 Å². The second-order valence-electron chi connectivity index (χ2n) is 5.55. The molecule has 0 saturated heterocycles. The van der Waals surface area contributed by atoms with Crippen molar-refractivity contribution in [3.8, 4) is 6.07 Å². The fourth-order valence-electron chi connectivity index (χ4n) is 2.56. The van der Waals surface area contributed by atoms with Crippen molar-refractivity contribution in [2.24, 2.45) is 0 Å². The highest BCUT2D eigenvalue weighted by molar-refractivity contribution is 5.56. The first-order chi connectivity index (χ1) is 8.31. The molecule has 0 saturated carbocycles. The highest BCUT2D eigenvalue weighted by Crippen LogP contribution is 2.46. The number of hydrogen-bond acceptors (Lipinski definition) is 4. The third kappa shape index (κ3) is 1.85. The molecule has 0 amide bonds. The third-order valence-corrected chi connectivity index (χ3v) is 3.22. The van der Waals surface area contributed by atoms with Crippen LogP contribution < -0.4 is 5.32 Å². The molecule has 1 aromatic rings. The summed E-state index contributed by atoms with van der Waals surface area (Å²) in [6, 6.07) is 4.09. The molecule has 1 N–H and O–H groups in total. The molecular formula is C14H19N3O. The maximum Gasteiger partial charge on any atom is 0.144 e. The summed E-state index contributed by atoms with van der Waals surface area (Å²) in [5.74, 6) is 0.646. The highest BCUT2D eigenvalue weighted by Gasteiger charge is 2.44. The number of ether oxygens (including phenoxy) is 1. The largest absolute Gasteiger partial charge is 0.369 e. The average molecular weight is 245 g/mol. The zero-order valence-corrected chi connectivity index (χ0v) is 11.6. The summed E-state index contributed by atoms with van der Waals surface area (Å²) in [7, 11) is 0. The first kappa shape index (κ1) is 12.8. The van der Waals surface area contributed by atoms with Gasteiger partial charge in [-0.3, -0.25) is 0 Å². The smallest absolute Gasteiger partial charge is 0.144 e. The molecule has 0 aliphatic carbocycles. The SMILES string of the molecule is CCNc1nc2c(cc1C#N)C(C)(C)OC2(C)C. The van der Waals surface area contributed by atoms with Crippen molar-refractivity contribution in [1.82, 2.24) is 4.98 Å². The molecule has 1 aromatic heterocycles. The van der Waals surface area contributed by atoms with E-state index in [0.29, 0.717) is 11.4 Å². The number of nitrogens with one attached hydrogen (secondary N) is 1. The topological polar surface area (TPSA) is 57.9 Å². The molecule has 1 aliphatic heterocycles. The zero-order chi connectivity index (χ0) is 13.6. The zero-order valence-electron chi connectivity index (χ0n) is 11.6. The Balaban J connectivity index is 2.65. The van der Waals surface area contributed by atoms with Crippen molar-refractivity contribution in [3.05, 3.63) is 22.9 Å². The molecule has 0 bridgehead atoms. The summed E-state index contributed by atoms with van der Waals surface area (Å²) < 4.78 is 6.04. The number of hydrogen-bond donors (Lipinski definition) is 1. The molecule has 96 valence electrons. The fraction of sp³-hybridized carbons (Fsp3) is 0.571. The van der Waals surface area contributed by atoms with E-state index in [-0.39, 0.29) is 0 Å². The van der Waals surface area contributed by atoms with Crippen molar-refractivity contribution in [2.45, 2.75) is 45.8 Å². The number of rotatable bonds is 2. The van der Waals surface area contributed by atoms with E-state index < -0.39 is 11.2 Å². The molecule has 0 unspecified atom stereocenters. The van der Waals surface area contributed by atoms with Gasteiger partial charge in [0.25, 0.3) is 0 Å². The van der Waals surface area contributed by atoms with Gasteiger partial charge in [0.2, 0.25) is 0 Å². The van der Waals surface area contributed by atoms with Gasteiger partial charge in [0.15, 0.2) is 0 Å². The summed E-state index contributed by atoms with van der Waals surface area (Å²) >= 11 is 0. The fourth-order valence-corrected chi connectivity index (χ4v) is 2.56. The van der Waals surface area contributed by atoms with E-state index in [1.807, 2.05) is 40.7 Å². The molecular weight excluding hydrogens is 226 g/mol. The van der Waals surface area contributed by atoms with E-state index in [4.69, 9.17) is 4.74 Å². The normalized spacial score (nSPS) is 19.1. The number of aromatic nitrogens is 1. The van der Waals surface area contributed by atoms with Gasteiger partial charge < -0.3 is 10.1 Å². The van der Waals surface area contributed by atoms with E-state index in [1.54, 1.807) is 0 Å². The Morgan fingerprint density at radius 2 is 2.00 bits per heavy atom. The molecule has 0 spiro atoms. The minimum atomic E-state index is -0.420. The molecule has 0 fully saturated rings. The minimum Gasteiger partial charge on any atom is -0.369 e. The summed E-state index contributed by atoms with van der Waals surface area (Å²) in [5.41, 5.74) is 1.68. The van der Waals surface area contributed by atoms with Gasteiger partial charge in [0.05, 0.1) is 16.9 Å². The Labute approximate surface area is 108 Å². The van der Waals surface area contributed by atoms with Crippen molar-refractivity contribution in [1.29, 1.82) is 5.26 Å². The van der Waals surface area contributed by atoms with Crippen LogP contribution in [0.4, 0.5) is 5.82 Å². The predicted octanol–water partition coefficient (Wildman–Crippen LogP) is 2.89. The number of nitrogens with zero attached hydrogens (tertiary/aromatic N) is 2. The van der Waals surface area contributed by atoms with Crippen molar-refractivity contribution in [3.63, 3.8) is 0 Å². The van der Waals surface area contributed by atoms with Gasteiger partial charge in [-0.15, -0.1) is 0 Å². The van der Waals surface area contributed by atoms with Gasteiger partial charge in [-0.25, -0.2) is 4.98 Å². The molecule has 0 aromatic carbocycles. The first-order valence-corrected chi connectivity index (χ1v) is 6.22. The molecule has 1 aliphatic rings. The maximum atomic E-state index is 9.21. The van der Waals surface area contributed by atoms with Gasteiger partial charge in [-0.1, -0.05) is 0 Å². The second-order valence-corrected chi connectivity index (χ2v) is 5.55. The van der Waals surface area contributed by atoms with E-state index in [0.717, 1.165) is 17.8 Å². The lowest BCUT2D eigenvalue weighted by atomic mass is 9.94. The summed E-state index contributed by atoms with van der Waals surface area (Å²) in [5, 5.41) is 12.3. The summed E-state index contributed by atoms with van der Waals surface area (Å²) in [4.78, 5) is 4.60. The van der Waals surface area contributed by atoms with Gasteiger partial charge in [0.1, 0.15) is 17.5 Å². The minimum absolute atomic E-state index is 0.401. The van der Waals surface area contributed by atoms with Crippen molar-refractivity contribution in [2.75, 3.05) is 11.9 Å². The van der Waals surface area contributed by atoms with Crippen LogP contribution in [0, 0.1) is 11.3 Å². The molecule has 4 nitrogen and oxygen atoms in total. The van der Waals surface area contributed by atoms with E-state index >= 15 is 0 Å². The second kappa shape index (κ2) is 3.96. The molecule has 18 heavy (non-hydrogen) atoms. The van der Waals surface area contributed by atoms with Gasteiger partial charge in [0, 0.05) is 12.1 Å². The van der Waals surface area contributed by atoms with Crippen LogP contribution >= 0.6 is 0 Å². The van der Waals surface area contributed by atoms with E-state index in [1.165, 1.54) is 0 Å². The van der Waals surface area contributed by atoms with E-state index in [9.17, 15) is 5.26 Å². The molecule has 0 atom stereocenters. The quantitative estimate of drug-likeness (QED) is 0.870. The standard InChI is InChI=1S/C14H19N3O/c1-6-16-12-9(8-15)7-10-11(17-12)14(4,5)18-13(10,2)3/h7H,6H2,1-5H3,(H,16,17). The number of fused-ring (bicyclic) bond motifs is 1. The van der Waals surface area contributed by atoms with Crippen LogP contribution in [0.3, 0.4) is 0 Å². The number of anilines is 1.